The zero-order valence-corrected chi connectivity index (χ0v) is 13.9. The van der Waals surface area contributed by atoms with Crippen LogP contribution in [0.1, 0.15) is 16.9 Å². The highest BCUT2D eigenvalue weighted by atomic mass is 16.5. The van der Waals surface area contributed by atoms with Crippen LogP contribution in [-0.2, 0) is 0 Å². The number of nitrogens with zero attached hydrogens (tertiary/aromatic N) is 2. The lowest BCUT2D eigenvalue weighted by Gasteiger charge is -2.20. The van der Waals surface area contributed by atoms with Gasteiger partial charge >= 0.3 is 0 Å². The van der Waals surface area contributed by atoms with E-state index in [-0.39, 0.29) is 5.91 Å². The Morgan fingerprint density at radius 3 is 2.71 bits per heavy atom. The van der Waals surface area contributed by atoms with Gasteiger partial charge in [0, 0.05) is 49.7 Å². The molecule has 1 atom stereocenters. The van der Waals surface area contributed by atoms with Crippen LogP contribution in [-0.4, -0.2) is 50.0 Å². The van der Waals surface area contributed by atoms with Crippen LogP contribution in [0, 0.1) is 5.92 Å². The van der Waals surface area contributed by atoms with E-state index >= 15 is 0 Å². The van der Waals surface area contributed by atoms with Crippen LogP contribution in [0.5, 0.6) is 11.5 Å². The van der Waals surface area contributed by atoms with Gasteiger partial charge in [-0.3, -0.25) is 9.89 Å². The van der Waals surface area contributed by atoms with E-state index < -0.39 is 0 Å². The first-order valence-corrected chi connectivity index (χ1v) is 7.95. The summed E-state index contributed by atoms with van der Waals surface area (Å²) in [6, 6.07) is 7.54. The van der Waals surface area contributed by atoms with Crippen molar-refractivity contribution in [3.05, 3.63) is 36.2 Å². The first-order chi connectivity index (χ1) is 11.7. The average molecular weight is 330 g/mol. The van der Waals surface area contributed by atoms with Gasteiger partial charge in [0.25, 0.3) is 5.91 Å². The van der Waals surface area contributed by atoms with Gasteiger partial charge in [-0.05, 0) is 18.4 Å². The number of carbonyl (C=O) groups excluding carboxylic acids is 1. The molecule has 1 aromatic carbocycles. The fourth-order valence-corrected chi connectivity index (χ4v) is 2.92. The molecule has 0 radical (unpaired) electrons. The van der Waals surface area contributed by atoms with Gasteiger partial charge < -0.3 is 19.7 Å². The number of hydrogen-bond donors (Lipinski definition) is 2. The molecule has 128 valence electrons. The van der Waals surface area contributed by atoms with Gasteiger partial charge in [0.1, 0.15) is 17.2 Å². The van der Waals surface area contributed by atoms with Crippen molar-refractivity contribution in [3.63, 3.8) is 0 Å². The highest BCUT2D eigenvalue weighted by Gasteiger charge is 2.24. The number of methoxy groups -OCH3 is 2. The molecule has 2 N–H and O–H groups in total. The summed E-state index contributed by atoms with van der Waals surface area (Å²) < 4.78 is 10.7. The first-order valence-electron chi connectivity index (χ1n) is 7.95. The molecule has 1 aliphatic heterocycles. The van der Waals surface area contributed by atoms with Gasteiger partial charge in [0.2, 0.25) is 0 Å². The van der Waals surface area contributed by atoms with E-state index in [0.717, 1.165) is 36.7 Å². The van der Waals surface area contributed by atoms with Crippen molar-refractivity contribution in [1.29, 1.82) is 0 Å². The second-order valence-electron chi connectivity index (χ2n) is 5.85. The summed E-state index contributed by atoms with van der Waals surface area (Å²) in [6.45, 7) is 2.48. The molecular formula is C17H22N4O3. The number of ether oxygens (including phenoxy) is 2. The third-order valence-corrected chi connectivity index (χ3v) is 4.28. The van der Waals surface area contributed by atoms with E-state index in [9.17, 15) is 4.79 Å². The minimum absolute atomic E-state index is 0.117. The summed E-state index contributed by atoms with van der Waals surface area (Å²) in [5.74, 6) is 1.85. The molecule has 7 nitrogen and oxygen atoms in total. The Morgan fingerprint density at radius 2 is 2.08 bits per heavy atom. The van der Waals surface area contributed by atoms with Gasteiger partial charge in [-0.1, -0.05) is 0 Å². The van der Waals surface area contributed by atoms with E-state index in [0.29, 0.717) is 18.2 Å². The molecule has 0 aliphatic carbocycles. The molecule has 1 amide bonds. The van der Waals surface area contributed by atoms with Gasteiger partial charge in [-0.25, -0.2) is 0 Å². The predicted molar refractivity (Wildman–Crippen MR) is 90.8 cm³/mol. The highest BCUT2D eigenvalue weighted by molar-refractivity contribution is 5.92. The standard InChI is InChI=1S/C17H22N4O3/c1-23-14-7-13(8-15(9-14)24-2)21-6-4-12(11-21)10-18-17(22)16-3-5-19-20-16/h3,5,7-9,12H,4,6,10-11H2,1-2H3,(H,18,22)(H,19,20)/t12-/m1/s1. The number of aromatic amines is 1. The van der Waals surface area contributed by atoms with Gasteiger partial charge in [0.05, 0.1) is 14.2 Å². The second kappa shape index (κ2) is 7.25. The zero-order chi connectivity index (χ0) is 16.9. The number of aromatic nitrogens is 2. The van der Waals surface area contributed by atoms with Crippen molar-refractivity contribution in [2.75, 3.05) is 38.8 Å². The highest BCUT2D eigenvalue weighted by Crippen LogP contribution is 2.31. The van der Waals surface area contributed by atoms with Crippen LogP contribution in [0.25, 0.3) is 0 Å². The van der Waals surface area contributed by atoms with Crippen LogP contribution < -0.4 is 19.7 Å². The fourth-order valence-electron chi connectivity index (χ4n) is 2.92. The number of benzene rings is 1. The van der Waals surface area contributed by atoms with Crippen molar-refractivity contribution < 1.29 is 14.3 Å². The molecule has 2 aromatic rings. The summed E-state index contributed by atoms with van der Waals surface area (Å²) in [7, 11) is 3.30. The number of rotatable bonds is 6. The van der Waals surface area contributed by atoms with E-state index in [2.05, 4.69) is 20.4 Å². The molecule has 2 heterocycles. The van der Waals surface area contributed by atoms with Crippen LogP contribution in [0.2, 0.25) is 0 Å². The van der Waals surface area contributed by atoms with E-state index in [1.54, 1.807) is 26.5 Å². The average Bonchev–Trinajstić information content (AvgIpc) is 3.30. The summed E-state index contributed by atoms with van der Waals surface area (Å²) in [6.07, 6.45) is 2.60. The summed E-state index contributed by atoms with van der Waals surface area (Å²) >= 11 is 0. The maximum atomic E-state index is 12.0. The Morgan fingerprint density at radius 1 is 1.33 bits per heavy atom. The summed E-state index contributed by atoms with van der Waals surface area (Å²) in [5.41, 5.74) is 1.57. The number of amides is 1. The Labute approximate surface area is 140 Å². The fraction of sp³-hybridized carbons (Fsp3) is 0.412. The van der Waals surface area contributed by atoms with Crippen molar-refractivity contribution in [2.24, 2.45) is 5.92 Å². The number of carbonyl (C=O) groups is 1. The maximum Gasteiger partial charge on any atom is 0.269 e. The minimum atomic E-state index is -0.117. The molecule has 7 heteroatoms. The lowest BCUT2D eigenvalue weighted by atomic mass is 10.1. The van der Waals surface area contributed by atoms with E-state index in [1.165, 1.54) is 0 Å². The molecule has 0 unspecified atom stereocenters. The molecule has 1 fully saturated rings. The number of hydrogen-bond acceptors (Lipinski definition) is 5. The third-order valence-electron chi connectivity index (χ3n) is 4.28. The lowest BCUT2D eigenvalue weighted by Crippen LogP contribution is -2.31. The number of H-pyrrole nitrogens is 1. The zero-order valence-electron chi connectivity index (χ0n) is 13.9. The van der Waals surface area contributed by atoms with Gasteiger partial charge in [0.15, 0.2) is 0 Å². The van der Waals surface area contributed by atoms with Crippen molar-refractivity contribution in [3.8, 4) is 11.5 Å². The Bertz CT molecular complexity index is 665. The maximum absolute atomic E-state index is 12.0. The van der Waals surface area contributed by atoms with Crippen LogP contribution in [0.15, 0.2) is 30.5 Å². The van der Waals surface area contributed by atoms with E-state index in [1.807, 2.05) is 18.2 Å². The molecule has 0 bridgehead atoms. The largest absolute Gasteiger partial charge is 0.497 e. The summed E-state index contributed by atoms with van der Waals surface area (Å²) in [4.78, 5) is 14.2. The topological polar surface area (TPSA) is 79.5 Å². The smallest absolute Gasteiger partial charge is 0.269 e. The monoisotopic (exact) mass is 330 g/mol. The quantitative estimate of drug-likeness (QED) is 0.842. The van der Waals surface area contributed by atoms with Gasteiger partial charge in [-0.15, -0.1) is 0 Å². The van der Waals surface area contributed by atoms with Crippen molar-refractivity contribution in [1.82, 2.24) is 15.5 Å². The van der Waals surface area contributed by atoms with Crippen molar-refractivity contribution in [2.45, 2.75) is 6.42 Å². The molecule has 24 heavy (non-hydrogen) atoms. The first kappa shape index (κ1) is 16.2. The molecule has 0 saturated carbocycles. The molecular weight excluding hydrogens is 308 g/mol. The van der Waals surface area contributed by atoms with Gasteiger partial charge in [-0.2, -0.15) is 5.10 Å². The normalized spacial score (nSPS) is 16.9. The lowest BCUT2D eigenvalue weighted by molar-refractivity contribution is 0.0943. The number of anilines is 1. The van der Waals surface area contributed by atoms with Crippen LogP contribution >= 0.6 is 0 Å². The number of nitrogens with one attached hydrogen (secondary N) is 2. The Hall–Kier alpha value is -2.70. The molecule has 0 spiro atoms. The molecule has 1 saturated heterocycles. The SMILES string of the molecule is COc1cc(OC)cc(N2CC[C@H](CNC(=O)c3ccn[nH]3)C2)c1. The predicted octanol–water partition coefficient (Wildman–Crippen LogP) is 1.68. The van der Waals surface area contributed by atoms with E-state index in [4.69, 9.17) is 9.47 Å². The Kier molecular flexibility index (Phi) is 4.88. The molecule has 1 aromatic heterocycles. The third kappa shape index (κ3) is 3.61. The van der Waals surface area contributed by atoms with Crippen LogP contribution in [0.3, 0.4) is 0 Å². The van der Waals surface area contributed by atoms with Crippen molar-refractivity contribution >= 4 is 11.6 Å². The molecule has 3 rings (SSSR count). The minimum Gasteiger partial charge on any atom is -0.497 e. The van der Waals surface area contributed by atoms with Crippen LogP contribution in [0.4, 0.5) is 5.69 Å². The Balaban J connectivity index is 1.58. The molecule has 1 aliphatic rings. The second-order valence-corrected chi connectivity index (χ2v) is 5.85. The summed E-state index contributed by atoms with van der Waals surface area (Å²) in [5, 5.41) is 9.42.